The van der Waals surface area contributed by atoms with Gasteiger partial charge >= 0.3 is 0 Å². The quantitative estimate of drug-likeness (QED) is 0.821. The number of hydrogen-bond acceptors (Lipinski definition) is 5. The second kappa shape index (κ2) is 5.14. The molecule has 2 rings (SSSR count). The Balaban J connectivity index is 2.21. The van der Waals surface area contributed by atoms with Crippen molar-refractivity contribution in [2.24, 2.45) is 5.73 Å². The Bertz CT molecular complexity index is 453. The first kappa shape index (κ1) is 11.2. The Labute approximate surface area is 98.2 Å². The summed E-state index contributed by atoms with van der Waals surface area (Å²) in [6.45, 7) is 0.532. The number of rotatable bonds is 4. The number of thioether (sulfide) groups is 1. The van der Waals surface area contributed by atoms with E-state index in [4.69, 9.17) is 10.3 Å². The Morgan fingerprint density at radius 3 is 2.69 bits per heavy atom. The van der Waals surface area contributed by atoms with E-state index in [9.17, 15) is 0 Å². The molecule has 0 saturated carbocycles. The van der Waals surface area contributed by atoms with Crippen LogP contribution in [0.1, 0.15) is 5.82 Å². The van der Waals surface area contributed by atoms with Gasteiger partial charge in [0.25, 0.3) is 5.89 Å². The summed E-state index contributed by atoms with van der Waals surface area (Å²) in [5, 5.41) is 3.85. The standard InChI is InChI=1S/C11H13N3OS/c1-16-9-4-2-8(3-5-9)11-13-10(6-7-12)14-15-11/h2-5H,6-7,12H2,1H3. The van der Waals surface area contributed by atoms with Crippen LogP contribution in [-0.4, -0.2) is 22.9 Å². The fourth-order valence-electron chi connectivity index (χ4n) is 1.34. The van der Waals surface area contributed by atoms with Crippen LogP contribution in [0, 0.1) is 0 Å². The monoisotopic (exact) mass is 235 g/mol. The van der Waals surface area contributed by atoms with Crippen molar-refractivity contribution in [1.82, 2.24) is 10.1 Å². The van der Waals surface area contributed by atoms with Crippen molar-refractivity contribution >= 4 is 11.8 Å². The lowest BCUT2D eigenvalue weighted by Gasteiger charge is -1.96. The van der Waals surface area contributed by atoms with Gasteiger partial charge in [-0.25, -0.2) is 0 Å². The minimum Gasteiger partial charge on any atom is -0.334 e. The molecule has 0 spiro atoms. The van der Waals surface area contributed by atoms with Crippen molar-refractivity contribution in [2.45, 2.75) is 11.3 Å². The smallest absolute Gasteiger partial charge is 0.257 e. The van der Waals surface area contributed by atoms with E-state index in [-0.39, 0.29) is 0 Å². The van der Waals surface area contributed by atoms with E-state index in [0.717, 1.165) is 5.56 Å². The molecule has 0 bridgehead atoms. The SMILES string of the molecule is CSc1ccc(-c2nc(CCN)no2)cc1. The molecule has 0 unspecified atom stereocenters. The molecule has 1 aromatic heterocycles. The van der Waals surface area contributed by atoms with Crippen LogP contribution in [0.2, 0.25) is 0 Å². The first-order valence-electron chi connectivity index (χ1n) is 5.00. The van der Waals surface area contributed by atoms with Gasteiger partial charge < -0.3 is 10.3 Å². The molecule has 0 atom stereocenters. The van der Waals surface area contributed by atoms with Crippen LogP contribution in [0.3, 0.4) is 0 Å². The maximum absolute atomic E-state index is 5.42. The zero-order chi connectivity index (χ0) is 11.4. The number of hydrogen-bond donors (Lipinski definition) is 1. The molecule has 0 aliphatic rings. The highest BCUT2D eigenvalue weighted by Crippen LogP contribution is 2.21. The molecule has 1 heterocycles. The number of benzene rings is 1. The van der Waals surface area contributed by atoms with Gasteiger partial charge in [0.05, 0.1) is 0 Å². The summed E-state index contributed by atoms with van der Waals surface area (Å²) < 4.78 is 5.15. The maximum Gasteiger partial charge on any atom is 0.257 e. The van der Waals surface area contributed by atoms with Crippen LogP contribution >= 0.6 is 11.8 Å². The van der Waals surface area contributed by atoms with Gasteiger partial charge in [-0.3, -0.25) is 0 Å². The minimum atomic E-state index is 0.532. The Morgan fingerprint density at radius 2 is 2.06 bits per heavy atom. The molecule has 1 aromatic carbocycles. The molecule has 0 fully saturated rings. The first-order chi connectivity index (χ1) is 7.83. The Hall–Kier alpha value is -1.33. The van der Waals surface area contributed by atoms with Crippen molar-refractivity contribution in [3.8, 4) is 11.5 Å². The Kier molecular flexibility index (Phi) is 3.58. The normalized spacial score (nSPS) is 10.6. The molecule has 5 heteroatoms. The van der Waals surface area contributed by atoms with Crippen LogP contribution in [-0.2, 0) is 6.42 Å². The molecule has 0 saturated heterocycles. The maximum atomic E-state index is 5.42. The first-order valence-corrected chi connectivity index (χ1v) is 6.23. The average Bonchev–Trinajstić information content (AvgIpc) is 2.78. The molecule has 4 nitrogen and oxygen atoms in total. The van der Waals surface area contributed by atoms with Crippen molar-refractivity contribution in [3.63, 3.8) is 0 Å². The van der Waals surface area contributed by atoms with Gasteiger partial charge in [-0.1, -0.05) is 5.16 Å². The van der Waals surface area contributed by atoms with Gasteiger partial charge in [-0.15, -0.1) is 11.8 Å². The summed E-state index contributed by atoms with van der Waals surface area (Å²) in [5.74, 6) is 1.21. The molecular weight excluding hydrogens is 222 g/mol. The molecule has 0 amide bonds. The third kappa shape index (κ3) is 2.43. The lowest BCUT2D eigenvalue weighted by molar-refractivity contribution is 0.422. The minimum absolute atomic E-state index is 0.532. The van der Waals surface area contributed by atoms with Crippen molar-refractivity contribution < 1.29 is 4.52 Å². The molecule has 16 heavy (non-hydrogen) atoms. The van der Waals surface area contributed by atoms with E-state index in [0.29, 0.717) is 24.7 Å². The van der Waals surface area contributed by atoms with Crippen LogP contribution in [0.25, 0.3) is 11.5 Å². The summed E-state index contributed by atoms with van der Waals surface area (Å²) in [7, 11) is 0. The zero-order valence-corrected chi connectivity index (χ0v) is 9.83. The lowest BCUT2D eigenvalue weighted by Crippen LogP contribution is -2.03. The topological polar surface area (TPSA) is 64.9 Å². The summed E-state index contributed by atoms with van der Waals surface area (Å²) in [6.07, 6.45) is 2.69. The fourth-order valence-corrected chi connectivity index (χ4v) is 1.74. The predicted molar refractivity (Wildman–Crippen MR) is 64.3 cm³/mol. The lowest BCUT2D eigenvalue weighted by atomic mass is 10.2. The van der Waals surface area contributed by atoms with Gasteiger partial charge in [-0.05, 0) is 37.1 Å². The van der Waals surface area contributed by atoms with Gasteiger partial charge in [0, 0.05) is 16.9 Å². The fraction of sp³-hybridized carbons (Fsp3) is 0.273. The number of nitrogens with two attached hydrogens (primary N) is 1. The number of nitrogens with zero attached hydrogens (tertiary/aromatic N) is 2. The van der Waals surface area contributed by atoms with Gasteiger partial charge in [0.1, 0.15) is 0 Å². The van der Waals surface area contributed by atoms with E-state index >= 15 is 0 Å². The highest BCUT2D eigenvalue weighted by atomic mass is 32.2. The van der Waals surface area contributed by atoms with Crippen molar-refractivity contribution in [2.75, 3.05) is 12.8 Å². The molecule has 0 aliphatic carbocycles. The van der Waals surface area contributed by atoms with E-state index in [1.807, 2.05) is 30.5 Å². The van der Waals surface area contributed by atoms with Gasteiger partial charge in [-0.2, -0.15) is 4.98 Å². The molecule has 2 aromatic rings. The highest BCUT2D eigenvalue weighted by Gasteiger charge is 2.07. The molecule has 84 valence electrons. The zero-order valence-electron chi connectivity index (χ0n) is 9.01. The average molecular weight is 235 g/mol. The van der Waals surface area contributed by atoms with E-state index in [2.05, 4.69) is 10.1 Å². The third-order valence-corrected chi connectivity index (χ3v) is 2.92. The van der Waals surface area contributed by atoms with Crippen LogP contribution in [0.4, 0.5) is 0 Å². The Morgan fingerprint density at radius 1 is 1.31 bits per heavy atom. The number of aromatic nitrogens is 2. The van der Waals surface area contributed by atoms with Crippen molar-refractivity contribution in [1.29, 1.82) is 0 Å². The van der Waals surface area contributed by atoms with E-state index in [1.165, 1.54) is 4.90 Å². The molecule has 0 aliphatic heterocycles. The summed E-state index contributed by atoms with van der Waals surface area (Å²) in [6, 6.07) is 8.02. The van der Waals surface area contributed by atoms with E-state index in [1.54, 1.807) is 11.8 Å². The van der Waals surface area contributed by atoms with Crippen LogP contribution < -0.4 is 5.73 Å². The molecular formula is C11H13N3OS. The largest absolute Gasteiger partial charge is 0.334 e. The second-order valence-electron chi connectivity index (χ2n) is 3.28. The van der Waals surface area contributed by atoms with Gasteiger partial charge in [0.2, 0.25) is 0 Å². The molecule has 2 N–H and O–H groups in total. The summed E-state index contributed by atoms with van der Waals surface area (Å²) >= 11 is 1.70. The second-order valence-corrected chi connectivity index (χ2v) is 4.16. The van der Waals surface area contributed by atoms with E-state index < -0.39 is 0 Å². The van der Waals surface area contributed by atoms with Crippen LogP contribution in [0.5, 0.6) is 0 Å². The highest BCUT2D eigenvalue weighted by molar-refractivity contribution is 7.98. The predicted octanol–water partition coefficient (Wildman–Crippen LogP) is 1.96. The summed E-state index contributed by atoms with van der Waals surface area (Å²) in [5.41, 5.74) is 6.36. The third-order valence-electron chi connectivity index (χ3n) is 2.17. The van der Waals surface area contributed by atoms with Crippen LogP contribution in [0.15, 0.2) is 33.7 Å². The summed E-state index contributed by atoms with van der Waals surface area (Å²) in [4.78, 5) is 5.47. The van der Waals surface area contributed by atoms with Gasteiger partial charge in [0.15, 0.2) is 5.82 Å². The van der Waals surface area contributed by atoms with Crippen molar-refractivity contribution in [3.05, 3.63) is 30.1 Å². The molecule has 0 radical (unpaired) electrons.